The number of sulfonamides is 1. The molecule has 192 valence electrons. The Hall–Kier alpha value is -3.14. The summed E-state index contributed by atoms with van der Waals surface area (Å²) in [5, 5.41) is 2.90. The van der Waals surface area contributed by atoms with Crippen molar-refractivity contribution in [3.63, 3.8) is 0 Å². The Kier molecular flexibility index (Phi) is 10.1. The van der Waals surface area contributed by atoms with Crippen molar-refractivity contribution in [2.75, 3.05) is 24.2 Å². The predicted octanol–water partition coefficient (Wildman–Crippen LogP) is 3.32. The molecule has 0 unspecified atom stereocenters. The van der Waals surface area contributed by atoms with Crippen molar-refractivity contribution in [2.24, 2.45) is 0 Å². The zero-order valence-corrected chi connectivity index (χ0v) is 21.6. The van der Waals surface area contributed by atoms with Crippen molar-refractivity contribution in [3.8, 4) is 5.75 Å². The van der Waals surface area contributed by atoms with Gasteiger partial charge in [-0.25, -0.2) is 12.8 Å². The summed E-state index contributed by atoms with van der Waals surface area (Å²) in [6, 6.07) is 11.1. The first-order valence-corrected chi connectivity index (χ1v) is 13.3. The number of halogens is 1. The van der Waals surface area contributed by atoms with E-state index in [1.54, 1.807) is 25.1 Å². The van der Waals surface area contributed by atoms with E-state index in [2.05, 4.69) is 5.32 Å². The summed E-state index contributed by atoms with van der Waals surface area (Å²) in [7, 11) is -2.39. The van der Waals surface area contributed by atoms with Crippen molar-refractivity contribution in [2.45, 2.75) is 52.2 Å². The summed E-state index contributed by atoms with van der Waals surface area (Å²) in [6.45, 7) is 5.08. The molecule has 2 amide bonds. The van der Waals surface area contributed by atoms with Crippen LogP contribution >= 0.6 is 0 Å². The fourth-order valence-electron chi connectivity index (χ4n) is 3.53. The maximum atomic E-state index is 13.6. The Balaban J connectivity index is 2.44. The van der Waals surface area contributed by atoms with E-state index in [4.69, 9.17) is 4.74 Å². The monoisotopic (exact) mass is 507 g/mol. The number of benzene rings is 2. The topological polar surface area (TPSA) is 96.0 Å². The third kappa shape index (κ3) is 7.95. The van der Waals surface area contributed by atoms with Crippen molar-refractivity contribution in [3.05, 3.63) is 59.9 Å². The van der Waals surface area contributed by atoms with Gasteiger partial charge in [0.15, 0.2) is 0 Å². The van der Waals surface area contributed by atoms with Gasteiger partial charge in [-0.1, -0.05) is 32.0 Å². The second-order valence-corrected chi connectivity index (χ2v) is 10.3. The second-order valence-electron chi connectivity index (χ2n) is 8.36. The number of anilines is 1. The fraction of sp³-hybridized carbons (Fsp3) is 0.440. The number of hydrogen-bond donors (Lipinski definition) is 1. The molecule has 2 atom stereocenters. The van der Waals surface area contributed by atoms with Gasteiger partial charge in [-0.15, -0.1) is 0 Å². The van der Waals surface area contributed by atoms with Crippen LogP contribution in [0.4, 0.5) is 10.1 Å². The summed E-state index contributed by atoms with van der Waals surface area (Å²) in [5.74, 6) is -0.876. The highest BCUT2D eigenvalue weighted by Gasteiger charge is 2.32. The van der Waals surface area contributed by atoms with Crippen LogP contribution in [0, 0.1) is 5.82 Å². The van der Waals surface area contributed by atoms with E-state index in [9.17, 15) is 22.4 Å². The van der Waals surface area contributed by atoms with Crippen LogP contribution in [0.3, 0.4) is 0 Å². The van der Waals surface area contributed by atoms with Gasteiger partial charge in [0, 0.05) is 18.7 Å². The molecule has 0 aromatic heterocycles. The number of hydrogen-bond acceptors (Lipinski definition) is 5. The average Bonchev–Trinajstić information content (AvgIpc) is 2.82. The highest BCUT2D eigenvalue weighted by atomic mass is 32.2. The Morgan fingerprint density at radius 1 is 1.09 bits per heavy atom. The normalized spacial score (nSPS) is 13.0. The molecule has 1 N–H and O–H groups in total. The molecular weight excluding hydrogens is 473 g/mol. The number of nitrogens with one attached hydrogen (secondary N) is 1. The van der Waals surface area contributed by atoms with E-state index in [1.807, 2.05) is 13.8 Å². The number of nitrogens with zero attached hydrogens (tertiary/aromatic N) is 2. The summed E-state index contributed by atoms with van der Waals surface area (Å²) in [6.07, 6.45) is 2.04. The number of methoxy groups -OCH3 is 1. The molecule has 0 bridgehead atoms. The third-order valence-electron chi connectivity index (χ3n) is 5.67. The van der Waals surface area contributed by atoms with E-state index in [0.717, 1.165) is 10.6 Å². The Bertz CT molecular complexity index is 1110. The SMILES string of the molecule is CC[C@H](C)NC(=O)[C@H](CC)N(Cc1ccc(F)cc1)C(=O)CN(c1cccc(OC)c1)S(C)(=O)=O. The van der Waals surface area contributed by atoms with Gasteiger partial charge in [0.05, 0.1) is 19.1 Å². The van der Waals surface area contributed by atoms with Gasteiger partial charge in [0.2, 0.25) is 21.8 Å². The molecule has 0 spiro atoms. The Morgan fingerprint density at radius 2 is 1.74 bits per heavy atom. The smallest absolute Gasteiger partial charge is 0.244 e. The molecule has 0 radical (unpaired) electrons. The van der Waals surface area contributed by atoms with Crippen LogP contribution in [-0.4, -0.2) is 57.1 Å². The van der Waals surface area contributed by atoms with Gasteiger partial charge in [-0.05, 0) is 49.6 Å². The van der Waals surface area contributed by atoms with Gasteiger partial charge >= 0.3 is 0 Å². The maximum absolute atomic E-state index is 13.6. The van der Waals surface area contributed by atoms with E-state index in [0.29, 0.717) is 24.2 Å². The minimum Gasteiger partial charge on any atom is -0.497 e. The lowest BCUT2D eigenvalue weighted by Gasteiger charge is -2.33. The maximum Gasteiger partial charge on any atom is 0.244 e. The highest BCUT2D eigenvalue weighted by Crippen LogP contribution is 2.24. The molecule has 2 rings (SSSR count). The number of ether oxygens (including phenoxy) is 1. The Morgan fingerprint density at radius 3 is 2.29 bits per heavy atom. The van der Waals surface area contributed by atoms with E-state index < -0.39 is 34.3 Å². The minimum absolute atomic E-state index is 0.0151. The van der Waals surface area contributed by atoms with Gasteiger partial charge in [0.1, 0.15) is 24.2 Å². The quantitative estimate of drug-likeness (QED) is 0.476. The van der Waals surface area contributed by atoms with Crippen LogP contribution < -0.4 is 14.4 Å². The van der Waals surface area contributed by atoms with Crippen LogP contribution in [0.5, 0.6) is 5.75 Å². The molecule has 0 aliphatic heterocycles. The van der Waals surface area contributed by atoms with Crippen LogP contribution in [0.25, 0.3) is 0 Å². The first kappa shape index (κ1) is 28.1. The van der Waals surface area contributed by atoms with Crippen molar-refractivity contribution < 1.29 is 27.1 Å². The first-order chi connectivity index (χ1) is 16.5. The molecule has 0 aliphatic rings. The molecule has 0 saturated heterocycles. The predicted molar refractivity (Wildman–Crippen MR) is 134 cm³/mol. The van der Waals surface area contributed by atoms with E-state index in [1.165, 1.54) is 42.3 Å². The fourth-order valence-corrected chi connectivity index (χ4v) is 4.37. The third-order valence-corrected chi connectivity index (χ3v) is 6.81. The lowest BCUT2D eigenvalue weighted by molar-refractivity contribution is -0.140. The van der Waals surface area contributed by atoms with Gasteiger partial charge in [-0.3, -0.25) is 13.9 Å². The Labute approximate surface area is 207 Å². The summed E-state index contributed by atoms with van der Waals surface area (Å²) in [5.41, 5.74) is 0.876. The molecule has 2 aromatic rings. The van der Waals surface area contributed by atoms with Crippen molar-refractivity contribution >= 4 is 27.5 Å². The highest BCUT2D eigenvalue weighted by molar-refractivity contribution is 7.92. The molecule has 2 aromatic carbocycles. The van der Waals surface area contributed by atoms with Crippen LogP contribution in [0.2, 0.25) is 0 Å². The molecule has 0 aliphatic carbocycles. The molecule has 0 fully saturated rings. The van der Waals surface area contributed by atoms with Crippen molar-refractivity contribution in [1.82, 2.24) is 10.2 Å². The number of rotatable bonds is 12. The van der Waals surface area contributed by atoms with E-state index >= 15 is 0 Å². The molecule has 0 saturated carbocycles. The number of carbonyl (C=O) groups excluding carboxylic acids is 2. The zero-order valence-electron chi connectivity index (χ0n) is 20.8. The van der Waals surface area contributed by atoms with Crippen molar-refractivity contribution in [1.29, 1.82) is 0 Å². The zero-order chi connectivity index (χ0) is 26.2. The number of amides is 2. The van der Waals surface area contributed by atoms with Crippen LogP contribution in [-0.2, 0) is 26.2 Å². The van der Waals surface area contributed by atoms with Gasteiger partial charge < -0.3 is 15.0 Å². The lowest BCUT2D eigenvalue weighted by Crippen LogP contribution is -2.53. The molecule has 8 nitrogen and oxygen atoms in total. The van der Waals surface area contributed by atoms with Gasteiger partial charge in [-0.2, -0.15) is 0 Å². The molecular formula is C25H34FN3O5S. The minimum atomic E-state index is -3.85. The average molecular weight is 508 g/mol. The summed E-state index contributed by atoms with van der Waals surface area (Å²) in [4.78, 5) is 28.0. The summed E-state index contributed by atoms with van der Waals surface area (Å²) >= 11 is 0. The molecule has 0 heterocycles. The largest absolute Gasteiger partial charge is 0.497 e. The van der Waals surface area contributed by atoms with Crippen LogP contribution in [0.15, 0.2) is 48.5 Å². The number of carbonyl (C=O) groups is 2. The lowest BCUT2D eigenvalue weighted by atomic mass is 10.1. The van der Waals surface area contributed by atoms with E-state index in [-0.39, 0.29) is 24.2 Å². The molecule has 35 heavy (non-hydrogen) atoms. The molecule has 10 heteroatoms. The standard InChI is InChI=1S/C25H34FN3O5S/c1-6-18(3)27-25(31)23(7-2)28(16-19-11-13-20(26)14-12-19)24(30)17-29(35(5,32)33)21-9-8-10-22(15-21)34-4/h8-15,18,23H,6-7,16-17H2,1-5H3,(H,27,31)/t18-,23-/m0/s1. The van der Waals surface area contributed by atoms with Gasteiger partial charge in [0.25, 0.3) is 0 Å². The second kappa shape index (κ2) is 12.5. The first-order valence-electron chi connectivity index (χ1n) is 11.5. The van der Waals surface area contributed by atoms with Crippen LogP contribution in [0.1, 0.15) is 39.2 Å². The summed E-state index contributed by atoms with van der Waals surface area (Å²) < 4.78 is 44.9.